The highest BCUT2D eigenvalue weighted by Gasteiger charge is 2.35. The summed E-state index contributed by atoms with van der Waals surface area (Å²) in [6.45, 7) is 10.3. The lowest BCUT2D eigenvalue weighted by Crippen LogP contribution is -2.47. The molecule has 1 saturated carbocycles. The zero-order valence-corrected chi connectivity index (χ0v) is 21.4. The third-order valence-corrected chi connectivity index (χ3v) is 7.11. The van der Waals surface area contributed by atoms with Crippen molar-refractivity contribution in [2.24, 2.45) is 5.92 Å². The van der Waals surface area contributed by atoms with Crippen molar-refractivity contribution >= 4 is 17.6 Å². The van der Waals surface area contributed by atoms with Crippen molar-refractivity contribution in [2.45, 2.75) is 33.1 Å². The van der Waals surface area contributed by atoms with E-state index in [0.29, 0.717) is 31.9 Å². The summed E-state index contributed by atoms with van der Waals surface area (Å²) >= 11 is 0. The summed E-state index contributed by atoms with van der Waals surface area (Å²) in [5.74, 6) is 0.730. The number of hydrogen-bond donors (Lipinski definition) is 0. The van der Waals surface area contributed by atoms with E-state index >= 15 is 0 Å². The lowest BCUT2D eigenvalue weighted by Gasteiger charge is -2.29. The summed E-state index contributed by atoms with van der Waals surface area (Å²) in [5.41, 5.74) is 1.50. The number of carbonyl (C=O) groups excluding carboxylic acids is 2. The number of nitrogens with zero attached hydrogens (tertiary/aromatic N) is 6. The normalized spacial score (nSPS) is 16.2. The highest BCUT2D eigenvalue weighted by molar-refractivity contribution is 5.87. The van der Waals surface area contributed by atoms with Crippen LogP contribution in [0.25, 0.3) is 11.3 Å². The molecule has 0 spiro atoms. The first-order valence-corrected chi connectivity index (χ1v) is 13.1. The summed E-state index contributed by atoms with van der Waals surface area (Å²) in [7, 11) is 0. The zero-order valence-electron chi connectivity index (χ0n) is 21.4. The van der Waals surface area contributed by atoms with Crippen LogP contribution in [-0.2, 0) is 9.59 Å². The fraction of sp³-hybridized carbons (Fsp3) is 0.556. The number of benzene rings is 1. The average molecular weight is 497 g/mol. The van der Waals surface area contributed by atoms with Crippen molar-refractivity contribution in [3.63, 3.8) is 0 Å². The molecule has 36 heavy (non-hydrogen) atoms. The summed E-state index contributed by atoms with van der Waals surface area (Å²) < 4.78 is 13.2. The van der Waals surface area contributed by atoms with Gasteiger partial charge in [0.25, 0.3) is 0 Å². The minimum absolute atomic E-state index is 0.0168. The number of aromatic nitrogens is 2. The monoisotopic (exact) mass is 496 g/mol. The fourth-order valence-corrected chi connectivity index (χ4v) is 4.59. The van der Waals surface area contributed by atoms with Crippen LogP contribution >= 0.6 is 0 Å². The van der Waals surface area contributed by atoms with E-state index in [4.69, 9.17) is 0 Å². The molecule has 2 aliphatic rings. The van der Waals surface area contributed by atoms with Crippen molar-refractivity contribution in [3.8, 4) is 11.3 Å². The maximum atomic E-state index is 13.2. The van der Waals surface area contributed by atoms with Gasteiger partial charge in [0.05, 0.1) is 12.2 Å². The average Bonchev–Trinajstić information content (AvgIpc) is 3.76. The van der Waals surface area contributed by atoms with E-state index < -0.39 is 0 Å². The second-order valence-electron chi connectivity index (χ2n) is 9.57. The van der Waals surface area contributed by atoms with Gasteiger partial charge in [-0.15, -0.1) is 10.2 Å². The molecule has 0 atom stereocenters. The van der Waals surface area contributed by atoms with Crippen LogP contribution in [0.2, 0.25) is 0 Å². The van der Waals surface area contributed by atoms with Gasteiger partial charge in [-0.25, -0.2) is 4.39 Å². The Morgan fingerprint density at radius 2 is 1.69 bits per heavy atom. The smallest absolute Gasteiger partial charge is 0.242 e. The molecule has 4 rings (SSSR count). The molecule has 2 aromatic rings. The molecule has 2 fully saturated rings. The molecule has 2 heterocycles. The van der Waals surface area contributed by atoms with E-state index in [1.165, 1.54) is 12.1 Å². The summed E-state index contributed by atoms with van der Waals surface area (Å²) in [6.07, 6.45) is 2.70. The highest BCUT2D eigenvalue weighted by Crippen LogP contribution is 2.31. The lowest BCUT2D eigenvalue weighted by atomic mass is 10.1. The number of amides is 2. The molecule has 9 heteroatoms. The van der Waals surface area contributed by atoms with Crippen LogP contribution in [0.15, 0.2) is 36.4 Å². The largest absolute Gasteiger partial charge is 0.353 e. The van der Waals surface area contributed by atoms with Gasteiger partial charge in [0.2, 0.25) is 11.8 Å². The number of rotatable bonds is 10. The van der Waals surface area contributed by atoms with Gasteiger partial charge < -0.3 is 19.6 Å². The Hall–Kier alpha value is -3.07. The highest BCUT2D eigenvalue weighted by atomic mass is 19.1. The molecule has 0 unspecified atom stereocenters. The number of anilines is 1. The van der Waals surface area contributed by atoms with Gasteiger partial charge in [0.1, 0.15) is 5.82 Å². The third-order valence-electron chi connectivity index (χ3n) is 7.11. The lowest BCUT2D eigenvalue weighted by molar-refractivity contribution is -0.141. The molecule has 1 aromatic carbocycles. The van der Waals surface area contributed by atoms with Crippen molar-refractivity contribution in [2.75, 3.05) is 63.8 Å². The molecule has 194 valence electrons. The number of halogens is 1. The molecule has 2 amide bonds. The Labute approximate surface area is 213 Å². The topological polar surface area (TPSA) is 72.9 Å². The molecule has 1 aromatic heterocycles. The Kier molecular flexibility index (Phi) is 8.85. The van der Waals surface area contributed by atoms with Gasteiger partial charge in [-0.3, -0.25) is 9.59 Å². The van der Waals surface area contributed by atoms with Crippen molar-refractivity contribution in [1.29, 1.82) is 0 Å². The van der Waals surface area contributed by atoms with E-state index in [1.807, 2.05) is 17.0 Å². The van der Waals surface area contributed by atoms with E-state index in [0.717, 1.165) is 56.8 Å². The van der Waals surface area contributed by atoms with Crippen LogP contribution in [0.4, 0.5) is 10.2 Å². The van der Waals surface area contributed by atoms with Crippen molar-refractivity contribution in [3.05, 3.63) is 42.2 Å². The Morgan fingerprint density at radius 3 is 2.33 bits per heavy atom. The Bertz CT molecular complexity index is 1010. The summed E-state index contributed by atoms with van der Waals surface area (Å²) in [5, 5.41) is 8.71. The van der Waals surface area contributed by atoms with Gasteiger partial charge in [0.15, 0.2) is 5.82 Å². The maximum absolute atomic E-state index is 13.2. The molecular weight excluding hydrogens is 459 g/mol. The first kappa shape index (κ1) is 26.0. The number of carbonyl (C=O) groups is 2. The van der Waals surface area contributed by atoms with Gasteiger partial charge in [-0.05, 0) is 68.8 Å². The van der Waals surface area contributed by atoms with Crippen LogP contribution in [0.5, 0.6) is 0 Å². The summed E-state index contributed by atoms with van der Waals surface area (Å²) in [4.78, 5) is 34.1. The second kappa shape index (κ2) is 12.3. The van der Waals surface area contributed by atoms with Crippen LogP contribution in [-0.4, -0.2) is 95.6 Å². The van der Waals surface area contributed by atoms with Crippen LogP contribution in [0.1, 0.15) is 33.1 Å². The first-order valence-electron chi connectivity index (χ1n) is 13.1. The first-order chi connectivity index (χ1) is 17.5. The van der Waals surface area contributed by atoms with Crippen molar-refractivity contribution in [1.82, 2.24) is 24.9 Å². The third kappa shape index (κ3) is 6.78. The van der Waals surface area contributed by atoms with Gasteiger partial charge in [0, 0.05) is 50.7 Å². The fourth-order valence-electron chi connectivity index (χ4n) is 4.59. The molecule has 0 N–H and O–H groups in total. The summed E-state index contributed by atoms with van der Waals surface area (Å²) in [6, 6.07) is 10.0. The number of likely N-dealkylation sites (N-methyl/N-ethyl adjacent to an activating group) is 1. The van der Waals surface area contributed by atoms with E-state index in [9.17, 15) is 14.0 Å². The van der Waals surface area contributed by atoms with E-state index in [-0.39, 0.29) is 30.1 Å². The molecule has 1 saturated heterocycles. The van der Waals surface area contributed by atoms with Crippen LogP contribution < -0.4 is 4.90 Å². The SMILES string of the molecule is CCN(CC)CCN(CC(=O)N1CCCN(c2ccc(-c3ccc(F)cc3)nn2)CC1)C(=O)C1CC1. The minimum Gasteiger partial charge on any atom is -0.353 e. The van der Waals surface area contributed by atoms with Crippen molar-refractivity contribution < 1.29 is 14.0 Å². The Balaban J connectivity index is 1.33. The van der Waals surface area contributed by atoms with Gasteiger partial charge >= 0.3 is 0 Å². The molecular formula is C27H37FN6O2. The Morgan fingerprint density at radius 1 is 0.944 bits per heavy atom. The minimum atomic E-state index is -0.282. The predicted molar refractivity (Wildman–Crippen MR) is 138 cm³/mol. The quantitative estimate of drug-likeness (QED) is 0.504. The van der Waals surface area contributed by atoms with Crippen LogP contribution in [0.3, 0.4) is 0 Å². The van der Waals surface area contributed by atoms with Gasteiger partial charge in [-0.1, -0.05) is 13.8 Å². The predicted octanol–water partition coefficient (Wildman–Crippen LogP) is 2.90. The van der Waals surface area contributed by atoms with Gasteiger partial charge in [-0.2, -0.15) is 0 Å². The van der Waals surface area contributed by atoms with Crippen LogP contribution in [0, 0.1) is 11.7 Å². The molecule has 0 radical (unpaired) electrons. The van der Waals surface area contributed by atoms with E-state index in [1.54, 1.807) is 17.0 Å². The molecule has 0 bridgehead atoms. The molecule has 1 aliphatic carbocycles. The van der Waals surface area contributed by atoms with E-state index in [2.05, 4.69) is 33.8 Å². The zero-order chi connectivity index (χ0) is 25.5. The number of hydrogen-bond acceptors (Lipinski definition) is 6. The standard InChI is InChI=1S/C27H37FN6O2/c1-3-31(4-2)16-17-34(27(36)22-6-7-22)20-26(35)33-15-5-14-32(18-19-33)25-13-12-24(29-30-25)21-8-10-23(28)11-9-21/h8-13,22H,3-7,14-20H2,1-2H3. The second-order valence-corrected chi connectivity index (χ2v) is 9.57. The maximum Gasteiger partial charge on any atom is 0.242 e. The molecule has 8 nitrogen and oxygen atoms in total. The molecule has 1 aliphatic heterocycles.